The molecule has 0 bridgehead atoms. The predicted octanol–water partition coefficient (Wildman–Crippen LogP) is 1.43. The molecule has 11 heavy (non-hydrogen) atoms. The fourth-order valence-electron chi connectivity index (χ4n) is 0.725. The molecule has 0 radical (unpaired) electrons. The zero-order valence-corrected chi connectivity index (χ0v) is 8.12. The predicted molar refractivity (Wildman–Crippen MR) is 50.8 cm³/mol. The number of thioether (sulfide) groups is 1. The normalized spacial score (nSPS) is 12.3. The third-order valence-corrected chi connectivity index (χ3v) is 1.91. The van der Waals surface area contributed by atoms with Crippen molar-refractivity contribution < 1.29 is 4.79 Å². The molecular weight excluding hydrogens is 158 g/mol. The summed E-state index contributed by atoms with van der Waals surface area (Å²) in [5.74, 6) is 0.977. The molecule has 1 N–H and O–H groups in total. The summed E-state index contributed by atoms with van der Waals surface area (Å²) in [7, 11) is 0. The van der Waals surface area contributed by atoms with Crippen molar-refractivity contribution >= 4 is 17.5 Å². The first-order valence-electron chi connectivity index (χ1n) is 3.49. The number of rotatable bonds is 5. The molecule has 0 unspecified atom stereocenters. The Morgan fingerprint density at radius 3 is 2.45 bits per heavy atom. The Morgan fingerprint density at radius 2 is 2.18 bits per heavy atom. The van der Waals surface area contributed by atoms with Gasteiger partial charge >= 0.3 is 0 Å². The van der Waals surface area contributed by atoms with Gasteiger partial charge < -0.3 is 5.32 Å². The number of hydrogen-bond acceptors (Lipinski definition) is 3. The van der Waals surface area contributed by atoms with E-state index in [2.05, 4.69) is 11.9 Å². The van der Waals surface area contributed by atoms with E-state index < -0.39 is 0 Å². The van der Waals surface area contributed by atoms with Gasteiger partial charge in [0.1, 0.15) is 0 Å². The lowest BCUT2D eigenvalue weighted by Crippen LogP contribution is -2.35. The summed E-state index contributed by atoms with van der Waals surface area (Å²) in [6.45, 7) is 7.14. The van der Waals surface area contributed by atoms with E-state index >= 15 is 0 Å². The van der Waals surface area contributed by atoms with Crippen LogP contribution in [0.1, 0.15) is 13.8 Å². The van der Waals surface area contributed by atoms with Gasteiger partial charge in [0, 0.05) is 11.4 Å². The molecule has 0 aliphatic heterocycles. The van der Waals surface area contributed by atoms with Gasteiger partial charge in [0.25, 0.3) is 0 Å². The van der Waals surface area contributed by atoms with E-state index in [1.807, 2.05) is 13.2 Å². The second kappa shape index (κ2) is 5.24. The minimum absolute atomic E-state index is 0.0671. The maximum absolute atomic E-state index is 11.0. The Kier molecular flexibility index (Phi) is 5.03. The summed E-state index contributed by atoms with van der Waals surface area (Å²) in [5, 5.41) is 3.02. The highest BCUT2D eigenvalue weighted by molar-refractivity contribution is 7.98. The van der Waals surface area contributed by atoms with E-state index in [0.717, 1.165) is 11.4 Å². The van der Waals surface area contributed by atoms with E-state index in [9.17, 15) is 4.79 Å². The fourth-order valence-corrected chi connectivity index (χ4v) is 1.38. The number of carbonyl (C=O) groups is 1. The van der Waals surface area contributed by atoms with Gasteiger partial charge in [0.2, 0.25) is 0 Å². The SMILES string of the molecule is C=C(C)N[C@@H](CSC)C(C)=O. The third-order valence-electron chi connectivity index (χ3n) is 1.24. The maximum Gasteiger partial charge on any atom is 0.152 e. The standard InChI is InChI=1S/C8H15NOS/c1-6(2)9-8(5-11-4)7(3)10/h8-9H,1,5H2,2-4H3/t8-/m0/s1. The van der Waals surface area contributed by atoms with Crippen molar-refractivity contribution in [2.24, 2.45) is 0 Å². The molecule has 2 nitrogen and oxygen atoms in total. The number of Topliss-reactive ketones (excluding diaryl/α,β-unsaturated/α-hetero) is 1. The quantitative estimate of drug-likeness (QED) is 0.682. The van der Waals surface area contributed by atoms with Gasteiger partial charge in [-0.2, -0.15) is 11.8 Å². The van der Waals surface area contributed by atoms with Crippen LogP contribution in [0.3, 0.4) is 0 Å². The summed E-state index contributed by atoms with van der Waals surface area (Å²) in [4.78, 5) is 11.0. The average Bonchev–Trinajstić information content (AvgIpc) is 1.86. The van der Waals surface area contributed by atoms with E-state index in [0.29, 0.717) is 0 Å². The molecule has 1 atom stereocenters. The van der Waals surface area contributed by atoms with Gasteiger partial charge in [-0.05, 0) is 20.1 Å². The molecule has 0 saturated carbocycles. The van der Waals surface area contributed by atoms with Gasteiger partial charge in [0.05, 0.1) is 6.04 Å². The maximum atomic E-state index is 11.0. The minimum atomic E-state index is -0.0671. The van der Waals surface area contributed by atoms with Crippen LogP contribution in [0.15, 0.2) is 12.3 Å². The fraction of sp³-hybridized carbons (Fsp3) is 0.625. The van der Waals surface area contributed by atoms with Gasteiger partial charge in [-0.15, -0.1) is 0 Å². The summed E-state index contributed by atoms with van der Waals surface area (Å²) in [5.41, 5.74) is 0.847. The number of hydrogen-bond donors (Lipinski definition) is 1. The molecule has 0 amide bonds. The number of ketones is 1. The first kappa shape index (κ1) is 10.6. The Balaban J connectivity index is 3.89. The molecule has 0 aromatic rings. The highest BCUT2D eigenvalue weighted by Crippen LogP contribution is 1.99. The second-order valence-electron chi connectivity index (χ2n) is 2.54. The van der Waals surface area contributed by atoms with Crippen LogP contribution in [0.5, 0.6) is 0 Å². The van der Waals surface area contributed by atoms with Crippen molar-refractivity contribution in [2.45, 2.75) is 19.9 Å². The first-order valence-corrected chi connectivity index (χ1v) is 4.88. The first-order chi connectivity index (χ1) is 5.07. The molecule has 0 aromatic carbocycles. The summed E-state index contributed by atoms with van der Waals surface area (Å²) < 4.78 is 0. The Hall–Kier alpha value is -0.440. The molecule has 0 aliphatic carbocycles. The van der Waals surface area contributed by atoms with Crippen LogP contribution in [0.2, 0.25) is 0 Å². The number of nitrogens with one attached hydrogen (secondary N) is 1. The summed E-state index contributed by atoms with van der Waals surface area (Å²) >= 11 is 1.66. The van der Waals surface area contributed by atoms with Crippen LogP contribution in [-0.4, -0.2) is 23.8 Å². The minimum Gasteiger partial charge on any atom is -0.379 e. The lowest BCUT2D eigenvalue weighted by Gasteiger charge is -2.14. The molecule has 0 spiro atoms. The van der Waals surface area contributed by atoms with Gasteiger partial charge in [-0.3, -0.25) is 4.79 Å². The van der Waals surface area contributed by atoms with Crippen LogP contribution in [0.25, 0.3) is 0 Å². The van der Waals surface area contributed by atoms with E-state index in [1.165, 1.54) is 0 Å². The van der Waals surface area contributed by atoms with Crippen LogP contribution in [0, 0.1) is 0 Å². The molecular formula is C8H15NOS. The molecule has 0 aliphatic rings. The molecule has 0 heterocycles. The zero-order chi connectivity index (χ0) is 8.85. The van der Waals surface area contributed by atoms with Crippen molar-refractivity contribution in [3.05, 3.63) is 12.3 Å². The van der Waals surface area contributed by atoms with Crippen LogP contribution in [0.4, 0.5) is 0 Å². The lowest BCUT2D eigenvalue weighted by molar-refractivity contribution is -0.118. The van der Waals surface area contributed by atoms with Crippen molar-refractivity contribution in [3.8, 4) is 0 Å². The zero-order valence-electron chi connectivity index (χ0n) is 7.31. The van der Waals surface area contributed by atoms with Crippen LogP contribution in [-0.2, 0) is 4.79 Å². The van der Waals surface area contributed by atoms with Crippen molar-refractivity contribution in [1.29, 1.82) is 0 Å². The second-order valence-corrected chi connectivity index (χ2v) is 3.45. The molecule has 0 aromatic heterocycles. The van der Waals surface area contributed by atoms with E-state index in [-0.39, 0.29) is 11.8 Å². The molecule has 0 rings (SSSR count). The average molecular weight is 173 g/mol. The van der Waals surface area contributed by atoms with E-state index in [4.69, 9.17) is 0 Å². The van der Waals surface area contributed by atoms with Crippen molar-refractivity contribution in [3.63, 3.8) is 0 Å². The smallest absolute Gasteiger partial charge is 0.152 e. The van der Waals surface area contributed by atoms with Gasteiger partial charge in [-0.1, -0.05) is 6.58 Å². The van der Waals surface area contributed by atoms with Crippen LogP contribution < -0.4 is 5.32 Å². The van der Waals surface area contributed by atoms with Crippen molar-refractivity contribution in [1.82, 2.24) is 5.32 Å². The third kappa shape index (κ3) is 4.90. The molecule has 0 fully saturated rings. The van der Waals surface area contributed by atoms with Gasteiger partial charge in [-0.25, -0.2) is 0 Å². The van der Waals surface area contributed by atoms with Gasteiger partial charge in [0.15, 0.2) is 5.78 Å². The highest BCUT2D eigenvalue weighted by atomic mass is 32.2. The van der Waals surface area contributed by atoms with Crippen LogP contribution >= 0.6 is 11.8 Å². The van der Waals surface area contributed by atoms with Crippen molar-refractivity contribution in [2.75, 3.05) is 12.0 Å². The molecule has 3 heteroatoms. The molecule has 0 saturated heterocycles. The largest absolute Gasteiger partial charge is 0.379 e. The Labute approximate surface area is 72.4 Å². The Bertz CT molecular complexity index is 156. The topological polar surface area (TPSA) is 29.1 Å². The van der Waals surface area contributed by atoms with E-state index in [1.54, 1.807) is 18.7 Å². The summed E-state index contributed by atoms with van der Waals surface area (Å²) in [6.07, 6.45) is 1.98. The molecule has 64 valence electrons. The number of allylic oxidation sites excluding steroid dienone is 1. The summed E-state index contributed by atoms with van der Waals surface area (Å²) in [6, 6.07) is -0.0671. The Morgan fingerprint density at radius 1 is 1.64 bits per heavy atom. The number of carbonyl (C=O) groups excluding carboxylic acids is 1. The highest BCUT2D eigenvalue weighted by Gasteiger charge is 2.11. The lowest BCUT2D eigenvalue weighted by atomic mass is 10.2. The monoisotopic (exact) mass is 173 g/mol.